The molecule has 20 heavy (non-hydrogen) atoms. The molecule has 0 N–H and O–H groups in total. The van der Waals surface area contributed by atoms with Gasteiger partial charge in [-0.05, 0) is 45.5 Å². The third kappa shape index (κ3) is 2.85. The number of rotatable bonds is 6. The van der Waals surface area contributed by atoms with Crippen LogP contribution in [0, 0.1) is 0 Å². The molecule has 0 unspecified atom stereocenters. The highest BCUT2D eigenvalue weighted by Crippen LogP contribution is 2.37. The van der Waals surface area contributed by atoms with E-state index in [2.05, 4.69) is 35.9 Å². The number of nitrogens with zero attached hydrogens (tertiary/aromatic N) is 3. The highest BCUT2D eigenvalue weighted by atomic mass is 16.1. The highest BCUT2D eigenvalue weighted by molar-refractivity contribution is 5.94. The summed E-state index contributed by atoms with van der Waals surface area (Å²) >= 11 is 0. The van der Waals surface area contributed by atoms with Gasteiger partial charge in [-0.25, -0.2) is 0 Å². The minimum atomic E-state index is 0.1000. The van der Waals surface area contributed by atoms with E-state index >= 15 is 0 Å². The third-order valence-corrected chi connectivity index (χ3v) is 4.56. The van der Waals surface area contributed by atoms with Crippen LogP contribution in [-0.4, -0.2) is 48.9 Å². The molecule has 1 saturated carbocycles. The number of hydrogen-bond donors (Lipinski definition) is 0. The van der Waals surface area contributed by atoms with Crippen molar-refractivity contribution in [3.8, 4) is 0 Å². The predicted molar refractivity (Wildman–Crippen MR) is 82.4 cm³/mol. The van der Waals surface area contributed by atoms with E-state index in [0.29, 0.717) is 17.7 Å². The smallest absolute Gasteiger partial charge is 0.180 e. The molecule has 0 aliphatic heterocycles. The van der Waals surface area contributed by atoms with Crippen molar-refractivity contribution < 1.29 is 4.79 Å². The van der Waals surface area contributed by atoms with E-state index in [1.165, 1.54) is 19.3 Å². The summed E-state index contributed by atoms with van der Waals surface area (Å²) in [5.41, 5.74) is 1.94. The number of likely N-dealkylation sites (N-methyl/N-ethyl adjacent to an activating group) is 2. The van der Waals surface area contributed by atoms with Crippen LogP contribution in [0.2, 0.25) is 0 Å². The number of pyridine rings is 1. The molecule has 2 rings (SSSR count). The van der Waals surface area contributed by atoms with Crippen molar-refractivity contribution in [1.29, 1.82) is 0 Å². The van der Waals surface area contributed by atoms with Crippen molar-refractivity contribution in [3.63, 3.8) is 0 Å². The fourth-order valence-corrected chi connectivity index (χ4v) is 2.82. The standard InChI is InChI=1S/C16H25N3O/c1-5-15(20)14-8-7-13(11-17-14)19(4)12-16(18(2)3)9-6-10-16/h7-8,11H,5-6,9-10,12H2,1-4H3. The van der Waals surface area contributed by atoms with Gasteiger partial charge in [-0.1, -0.05) is 6.92 Å². The van der Waals surface area contributed by atoms with Crippen LogP contribution in [0.15, 0.2) is 18.3 Å². The molecule has 0 radical (unpaired) electrons. The number of carbonyl (C=O) groups is 1. The quantitative estimate of drug-likeness (QED) is 0.748. The summed E-state index contributed by atoms with van der Waals surface area (Å²) in [6.45, 7) is 2.87. The van der Waals surface area contributed by atoms with Crippen LogP contribution in [0.5, 0.6) is 0 Å². The molecule has 0 aromatic carbocycles. The lowest BCUT2D eigenvalue weighted by molar-refractivity contribution is 0.0683. The summed E-state index contributed by atoms with van der Waals surface area (Å²) in [4.78, 5) is 20.5. The monoisotopic (exact) mass is 275 g/mol. The molecule has 110 valence electrons. The van der Waals surface area contributed by atoms with Gasteiger partial charge < -0.3 is 9.80 Å². The van der Waals surface area contributed by atoms with Crippen molar-refractivity contribution >= 4 is 11.5 Å². The van der Waals surface area contributed by atoms with E-state index in [1.807, 2.05) is 25.3 Å². The average molecular weight is 275 g/mol. The van der Waals surface area contributed by atoms with Crippen molar-refractivity contribution in [2.75, 3.05) is 32.6 Å². The van der Waals surface area contributed by atoms with Gasteiger partial charge in [0.2, 0.25) is 0 Å². The molecular weight excluding hydrogens is 250 g/mol. The molecule has 0 bridgehead atoms. The molecule has 0 atom stereocenters. The minimum Gasteiger partial charge on any atom is -0.371 e. The second-order valence-electron chi connectivity index (χ2n) is 6.01. The van der Waals surface area contributed by atoms with Crippen molar-refractivity contribution in [2.24, 2.45) is 0 Å². The molecule has 4 heteroatoms. The van der Waals surface area contributed by atoms with E-state index < -0.39 is 0 Å². The molecule has 0 amide bonds. The summed E-state index contributed by atoms with van der Waals surface area (Å²) in [5.74, 6) is 0.1000. The Bertz CT molecular complexity index is 463. The highest BCUT2D eigenvalue weighted by Gasteiger charge is 2.39. The maximum atomic E-state index is 11.6. The molecule has 1 fully saturated rings. The van der Waals surface area contributed by atoms with Gasteiger partial charge in [-0.3, -0.25) is 9.78 Å². The first-order valence-corrected chi connectivity index (χ1v) is 7.36. The van der Waals surface area contributed by atoms with Crippen LogP contribution < -0.4 is 4.90 Å². The Morgan fingerprint density at radius 1 is 1.30 bits per heavy atom. The zero-order valence-electron chi connectivity index (χ0n) is 13.0. The fraction of sp³-hybridized carbons (Fsp3) is 0.625. The molecule has 0 saturated heterocycles. The summed E-state index contributed by atoms with van der Waals surface area (Å²) in [7, 11) is 6.42. The third-order valence-electron chi connectivity index (χ3n) is 4.56. The number of hydrogen-bond acceptors (Lipinski definition) is 4. The Kier molecular flexibility index (Phi) is 4.43. The van der Waals surface area contributed by atoms with Crippen molar-refractivity contribution in [1.82, 2.24) is 9.88 Å². The summed E-state index contributed by atoms with van der Waals surface area (Å²) in [6, 6.07) is 3.83. The number of carbonyl (C=O) groups excluding carboxylic acids is 1. The molecule has 1 aliphatic rings. The van der Waals surface area contributed by atoms with Crippen LogP contribution in [0.25, 0.3) is 0 Å². The van der Waals surface area contributed by atoms with E-state index in [-0.39, 0.29) is 5.78 Å². The minimum absolute atomic E-state index is 0.1000. The lowest BCUT2D eigenvalue weighted by atomic mass is 9.75. The van der Waals surface area contributed by atoms with Gasteiger partial charge in [0.25, 0.3) is 0 Å². The Balaban J connectivity index is 2.06. The summed E-state index contributed by atoms with van der Waals surface area (Å²) < 4.78 is 0. The van der Waals surface area contributed by atoms with E-state index in [4.69, 9.17) is 0 Å². The first-order valence-electron chi connectivity index (χ1n) is 7.36. The lowest BCUT2D eigenvalue weighted by Gasteiger charge is -2.49. The fourth-order valence-electron chi connectivity index (χ4n) is 2.82. The van der Waals surface area contributed by atoms with Gasteiger partial charge in [-0.2, -0.15) is 0 Å². The largest absolute Gasteiger partial charge is 0.371 e. The zero-order chi connectivity index (χ0) is 14.8. The molecular formula is C16H25N3O. The Hall–Kier alpha value is -1.42. The predicted octanol–water partition coefficient (Wildman–Crippen LogP) is 2.59. The number of anilines is 1. The summed E-state index contributed by atoms with van der Waals surface area (Å²) in [6.07, 6.45) is 6.14. The number of Topliss-reactive ketones (excluding diaryl/α,β-unsaturated/α-hetero) is 1. The molecule has 0 spiro atoms. The number of aromatic nitrogens is 1. The van der Waals surface area contributed by atoms with E-state index in [0.717, 1.165) is 12.2 Å². The molecule has 1 aromatic rings. The van der Waals surface area contributed by atoms with Gasteiger partial charge in [0.1, 0.15) is 5.69 Å². The molecule has 4 nitrogen and oxygen atoms in total. The SMILES string of the molecule is CCC(=O)c1ccc(N(C)CC2(N(C)C)CCC2)cn1. The topological polar surface area (TPSA) is 36.4 Å². The zero-order valence-corrected chi connectivity index (χ0v) is 13.0. The number of ketones is 1. The van der Waals surface area contributed by atoms with E-state index in [9.17, 15) is 4.79 Å². The maximum Gasteiger partial charge on any atom is 0.180 e. The first kappa shape index (κ1) is 15.0. The van der Waals surface area contributed by atoms with Gasteiger partial charge >= 0.3 is 0 Å². The second-order valence-corrected chi connectivity index (χ2v) is 6.01. The summed E-state index contributed by atoms with van der Waals surface area (Å²) in [5, 5.41) is 0. The average Bonchev–Trinajstić information content (AvgIpc) is 2.41. The second kappa shape index (κ2) is 5.92. The van der Waals surface area contributed by atoms with Crippen LogP contribution in [-0.2, 0) is 0 Å². The Morgan fingerprint density at radius 3 is 2.40 bits per heavy atom. The van der Waals surface area contributed by atoms with Gasteiger partial charge in [0.05, 0.1) is 11.9 Å². The van der Waals surface area contributed by atoms with Crippen molar-refractivity contribution in [3.05, 3.63) is 24.0 Å². The maximum absolute atomic E-state index is 11.6. The van der Waals surface area contributed by atoms with Crippen LogP contribution in [0.1, 0.15) is 43.1 Å². The van der Waals surface area contributed by atoms with Gasteiger partial charge in [-0.15, -0.1) is 0 Å². The Morgan fingerprint density at radius 2 is 2.00 bits per heavy atom. The van der Waals surface area contributed by atoms with Gasteiger partial charge in [0.15, 0.2) is 5.78 Å². The molecule has 1 aliphatic carbocycles. The van der Waals surface area contributed by atoms with Crippen molar-refractivity contribution in [2.45, 2.75) is 38.1 Å². The van der Waals surface area contributed by atoms with Crippen LogP contribution in [0.4, 0.5) is 5.69 Å². The first-order chi connectivity index (χ1) is 9.48. The molecule has 1 heterocycles. The van der Waals surface area contributed by atoms with E-state index in [1.54, 1.807) is 0 Å². The molecule has 1 aromatic heterocycles. The van der Waals surface area contributed by atoms with Crippen LogP contribution >= 0.6 is 0 Å². The Labute approximate surface area is 121 Å². The van der Waals surface area contributed by atoms with Crippen LogP contribution in [0.3, 0.4) is 0 Å². The van der Waals surface area contributed by atoms with Gasteiger partial charge in [0, 0.05) is 25.6 Å². The normalized spacial score (nSPS) is 16.9. The lowest BCUT2D eigenvalue weighted by Crippen LogP contribution is -2.56.